The van der Waals surface area contributed by atoms with E-state index in [-0.39, 0.29) is 18.2 Å². The third-order valence-corrected chi connectivity index (χ3v) is 5.92. The van der Waals surface area contributed by atoms with Crippen LogP contribution in [0.15, 0.2) is 60.8 Å². The molecule has 29 heavy (non-hydrogen) atoms. The van der Waals surface area contributed by atoms with E-state index < -0.39 is 0 Å². The predicted octanol–water partition coefficient (Wildman–Crippen LogP) is 5.30. The molecule has 1 atom stereocenters. The van der Waals surface area contributed by atoms with Gasteiger partial charge in [0.15, 0.2) is 0 Å². The van der Waals surface area contributed by atoms with Crippen LogP contribution < -0.4 is 5.48 Å². The number of nitrogens with one attached hydrogen (secondary N) is 2. The molecule has 1 amide bonds. The summed E-state index contributed by atoms with van der Waals surface area (Å²) in [6.45, 7) is 0. The smallest absolute Gasteiger partial charge is 0.244 e. The highest BCUT2D eigenvalue weighted by Crippen LogP contribution is 2.35. The first-order chi connectivity index (χ1) is 14.2. The minimum absolute atomic E-state index is 0.0115. The van der Waals surface area contributed by atoms with E-state index in [1.165, 1.54) is 36.8 Å². The molecule has 1 heterocycles. The quantitative estimate of drug-likeness (QED) is 0.379. The Bertz CT molecular complexity index is 928. The fraction of sp³-hybridized carbons (Fsp3) is 0.333. The summed E-state index contributed by atoms with van der Waals surface area (Å²) in [5.74, 6) is 1.08. The minimum Gasteiger partial charge on any atom is -0.348 e. The van der Waals surface area contributed by atoms with Crippen LogP contribution in [0, 0.1) is 5.92 Å². The van der Waals surface area contributed by atoms with Gasteiger partial charge in [-0.1, -0.05) is 80.3 Å². The number of carbonyl (C=O) groups excluding carboxylic acids is 1. The SMILES string of the molecule is O=C(CC(CC1CCCC1)c1nc(-c2ccc(-c3ccccc3)cc2)c[nH]1)NO. The molecule has 150 valence electrons. The van der Waals surface area contributed by atoms with E-state index in [0.29, 0.717) is 5.92 Å². The Kier molecular flexibility index (Phi) is 6.06. The van der Waals surface area contributed by atoms with Gasteiger partial charge in [-0.15, -0.1) is 0 Å². The summed E-state index contributed by atoms with van der Waals surface area (Å²) in [5, 5.41) is 8.96. The van der Waals surface area contributed by atoms with Gasteiger partial charge >= 0.3 is 0 Å². The highest BCUT2D eigenvalue weighted by Gasteiger charge is 2.25. The number of carbonyl (C=O) groups is 1. The van der Waals surface area contributed by atoms with Gasteiger partial charge < -0.3 is 4.98 Å². The van der Waals surface area contributed by atoms with E-state index in [9.17, 15) is 4.79 Å². The number of benzene rings is 2. The molecule has 5 heteroatoms. The number of H-pyrrole nitrogens is 1. The van der Waals surface area contributed by atoms with E-state index in [1.54, 1.807) is 5.48 Å². The maximum absolute atomic E-state index is 11.8. The van der Waals surface area contributed by atoms with Crippen molar-refractivity contribution in [3.05, 3.63) is 66.6 Å². The number of hydrogen-bond acceptors (Lipinski definition) is 3. The summed E-state index contributed by atoms with van der Waals surface area (Å²) in [5.41, 5.74) is 6.04. The van der Waals surface area contributed by atoms with Gasteiger partial charge in [0.25, 0.3) is 0 Å². The van der Waals surface area contributed by atoms with Crippen molar-refractivity contribution in [3.8, 4) is 22.4 Å². The number of aromatic amines is 1. The summed E-state index contributed by atoms with van der Waals surface area (Å²) >= 11 is 0. The molecular weight excluding hydrogens is 362 g/mol. The van der Waals surface area contributed by atoms with E-state index in [0.717, 1.165) is 23.5 Å². The zero-order valence-corrected chi connectivity index (χ0v) is 16.5. The van der Waals surface area contributed by atoms with Crippen LogP contribution in [0.4, 0.5) is 0 Å². The van der Waals surface area contributed by atoms with Crippen molar-refractivity contribution in [2.45, 2.75) is 44.4 Å². The largest absolute Gasteiger partial charge is 0.348 e. The number of hydroxylamine groups is 1. The Labute approximate surface area is 171 Å². The van der Waals surface area contributed by atoms with Gasteiger partial charge in [-0.05, 0) is 23.5 Å². The summed E-state index contributed by atoms with van der Waals surface area (Å²) < 4.78 is 0. The second-order valence-corrected chi connectivity index (χ2v) is 7.94. The second-order valence-electron chi connectivity index (χ2n) is 7.94. The van der Waals surface area contributed by atoms with Crippen molar-refractivity contribution in [2.24, 2.45) is 5.92 Å². The van der Waals surface area contributed by atoms with Gasteiger partial charge in [-0.25, -0.2) is 10.5 Å². The van der Waals surface area contributed by atoms with Crippen molar-refractivity contribution < 1.29 is 10.0 Å². The molecular formula is C24H27N3O2. The number of rotatable bonds is 7. The number of hydrogen-bond donors (Lipinski definition) is 3. The Balaban J connectivity index is 1.52. The lowest BCUT2D eigenvalue weighted by Gasteiger charge is -2.17. The first kappa shape index (κ1) is 19.4. The van der Waals surface area contributed by atoms with Crippen LogP contribution in [0.3, 0.4) is 0 Å². The lowest BCUT2D eigenvalue weighted by atomic mass is 9.90. The molecule has 5 nitrogen and oxygen atoms in total. The Hall–Kier alpha value is -2.92. The maximum Gasteiger partial charge on any atom is 0.244 e. The minimum atomic E-state index is -0.363. The van der Waals surface area contributed by atoms with Gasteiger partial charge in [-0.2, -0.15) is 0 Å². The van der Waals surface area contributed by atoms with Crippen LogP contribution in [-0.4, -0.2) is 21.1 Å². The third-order valence-electron chi connectivity index (χ3n) is 5.92. The molecule has 0 saturated heterocycles. The summed E-state index contributed by atoms with van der Waals surface area (Å²) in [7, 11) is 0. The molecule has 0 bridgehead atoms. The number of nitrogens with zero attached hydrogens (tertiary/aromatic N) is 1. The molecule has 1 aromatic heterocycles. The average molecular weight is 389 g/mol. The van der Waals surface area contributed by atoms with Crippen LogP contribution in [0.1, 0.15) is 50.3 Å². The molecule has 0 aliphatic heterocycles. The van der Waals surface area contributed by atoms with Crippen molar-refractivity contribution in [1.29, 1.82) is 0 Å². The van der Waals surface area contributed by atoms with Crippen molar-refractivity contribution in [3.63, 3.8) is 0 Å². The molecule has 2 aromatic carbocycles. The zero-order chi connectivity index (χ0) is 20.1. The standard InChI is InChI=1S/C24H27N3O2/c28-23(27-29)15-21(14-17-6-4-5-7-17)24-25-16-22(26-24)20-12-10-19(11-13-20)18-8-2-1-3-9-18/h1-3,8-13,16-17,21,29H,4-7,14-15H2,(H,25,26)(H,27,28). The monoisotopic (exact) mass is 389 g/mol. The molecule has 0 radical (unpaired) electrons. The van der Waals surface area contributed by atoms with Gasteiger partial charge in [0.2, 0.25) is 5.91 Å². The topological polar surface area (TPSA) is 78.0 Å². The highest BCUT2D eigenvalue weighted by atomic mass is 16.5. The Morgan fingerprint density at radius 1 is 1.03 bits per heavy atom. The van der Waals surface area contributed by atoms with Crippen LogP contribution in [0.2, 0.25) is 0 Å². The maximum atomic E-state index is 11.8. The van der Waals surface area contributed by atoms with Crippen molar-refractivity contribution >= 4 is 5.91 Å². The molecule has 1 unspecified atom stereocenters. The average Bonchev–Trinajstić information content (AvgIpc) is 3.46. The fourth-order valence-electron chi connectivity index (χ4n) is 4.37. The van der Waals surface area contributed by atoms with Gasteiger partial charge in [-0.3, -0.25) is 10.0 Å². The normalized spacial score (nSPS) is 15.3. The summed E-state index contributed by atoms with van der Waals surface area (Å²) in [6.07, 6.45) is 8.03. The molecule has 0 spiro atoms. The molecule has 1 aliphatic rings. The highest BCUT2D eigenvalue weighted by molar-refractivity contribution is 5.75. The molecule has 3 aromatic rings. The van der Waals surface area contributed by atoms with E-state index in [2.05, 4.69) is 41.4 Å². The fourth-order valence-corrected chi connectivity index (χ4v) is 4.37. The zero-order valence-electron chi connectivity index (χ0n) is 16.5. The number of amides is 1. The van der Waals surface area contributed by atoms with Crippen molar-refractivity contribution in [2.75, 3.05) is 0 Å². The summed E-state index contributed by atoms with van der Waals surface area (Å²) in [4.78, 5) is 19.9. The predicted molar refractivity (Wildman–Crippen MR) is 113 cm³/mol. The number of imidazole rings is 1. The van der Waals surface area contributed by atoms with E-state index in [1.807, 2.05) is 24.4 Å². The third kappa shape index (κ3) is 4.74. The van der Waals surface area contributed by atoms with E-state index >= 15 is 0 Å². The van der Waals surface area contributed by atoms with Crippen LogP contribution >= 0.6 is 0 Å². The molecule has 4 rings (SSSR count). The van der Waals surface area contributed by atoms with Crippen molar-refractivity contribution in [1.82, 2.24) is 15.4 Å². The van der Waals surface area contributed by atoms with Gasteiger partial charge in [0, 0.05) is 24.1 Å². The van der Waals surface area contributed by atoms with Crippen LogP contribution in [0.25, 0.3) is 22.4 Å². The lowest BCUT2D eigenvalue weighted by molar-refractivity contribution is -0.129. The lowest BCUT2D eigenvalue weighted by Crippen LogP contribution is -2.22. The molecule has 3 N–H and O–H groups in total. The first-order valence-electron chi connectivity index (χ1n) is 10.4. The van der Waals surface area contributed by atoms with Gasteiger partial charge in [0.1, 0.15) is 5.82 Å². The Morgan fingerprint density at radius 3 is 2.38 bits per heavy atom. The second kappa shape index (κ2) is 9.05. The molecule has 1 fully saturated rings. The molecule has 1 saturated carbocycles. The Morgan fingerprint density at radius 2 is 1.69 bits per heavy atom. The molecule has 1 aliphatic carbocycles. The van der Waals surface area contributed by atoms with E-state index in [4.69, 9.17) is 10.2 Å². The van der Waals surface area contributed by atoms with Crippen LogP contribution in [0.5, 0.6) is 0 Å². The summed E-state index contributed by atoms with van der Waals surface area (Å²) in [6, 6.07) is 18.7. The van der Waals surface area contributed by atoms with Gasteiger partial charge in [0.05, 0.1) is 5.69 Å². The van der Waals surface area contributed by atoms with Crippen LogP contribution in [-0.2, 0) is 4.79 Å². The first-order valence-corrected chi connectivity index (χ1v) is 10.4. The number of aromatic nitrogens is 2.